The third kappa shape index (κ3) is 3.90. The molecule has 2 rings (SSSR count). The number of carbonyl (C=O) groups excluding carboxylic acids is 2. The van der Waals surface area contributed by atoms with Crippen LogP contribution in [0.15, 0.2) is 48.8 Å². The molecule has 1 heterocycles. The predicted octanol–water partition coefficient (Wildman–Crippen LogP) is 0.780. The summed E-state index contributed by atoms with van der Waals surface area (Å²) in [4.78, 5) is 27.4. The molecule has 6 nitrogen and oxygen atoms in total. The highest BCUT2D eigenvalue weighted by Gasteiger charge is 2.19. The number of pyridine rings is 1. The van der Waals surface area contributed by atoms with Crippen molar-refractivity contribution in [3.05, 3.63) is 65.5 Å². The molecule has 1 atom stereocenters. The van der Waals surface area contributed by atoms with E-state index in [0.29, 0.717) is 11.1 Å². The summed E-state index contributed by atoms with van der Waals surface area (Å²) in [7, 11) is 0. The number of carbonyl (C=O) groups is 2. The first kappa shape index (κ1) is 15.2. The number of nitrogens with zero attached hydrogens (tertiary/aromatic N) is 2. The van der Waals surface area contributed by atoms with Crippen LogP contribution in [-0.2, 0) is 11.2 Å². The summed E-state index contributed by atoms with van der Waals surface area (Å²) in [6.45, 7) is 0. The zero-order valence-electron chi connectivity index (χ0n) is 11.7. The van der Waals surface area contributed by atoms with Crippen LogP contribution in [0, 0.1) is 11.3 Å². The maximum Gasteiger partial charge on any atom is 0.253 e. The number of aromatic nitrogens is 1. The number of hydrogen-bond acceptors (Lipinski definition) is 4. The normalized spacial score (nSPS) is 11.2. The van der Waals surface area contributed by atoms with Gasteiger partial charge in [-0.15, -0.1) is 0 Å². The molecular weight excluding hydrogens is 280 g/mol. The predicted molar refractivity (Wildman–Crippen MR) is 79.5 cm³/mol. The largest absolute Gasteiger partial charge is 0.368 e. The fraction of sp³-hybridized carbons (Fsp3) is 0.125. The van der Waals surface area contributed by atoms with Crippen molar-refractivity contribution in [3.63, 3.8) is 0 Å². The fourth-order valence-corrected chi connectivity index (χ4v) is 1.91. The number of amides is 2. The van der Waals surface area contributed by atoms with Gasteiger partial charge in [-0.25, -0.2) is 0 Å². The van der Waals surface area contributed by atoms with E-state index in [1.54, 1.807) is 42.6 Å². The first-order valence-electron chi connectivity index (χ1n) is 6.59. The molecule has 0 aliphatic rings. The lowest BCUT2D eigenvalue weighted by Crippen LogP contribution is -2.45. The molecule has 1 aromatic heterocycles. The van der Waals surface area contributed by atoms with E-state index in [4.69, 9.17) is 11.0 Å². The fourth-order valence-electron chi connectivity index (χ4n) is 1.91. The van der Waals surface area contributed by atoms with Crippen LogP contribution in [0.3, 0.4) is 0 Å². The first-order valence-corrected chi connectivity index (χ1v) is 6.59. The molecule has 0 saturated heterocycles. The molecule has 0 spiro atoms. The van der Waals surface area contributed by atoms with Crippen LogP contribution in [0.1, 0.15) is 21.5 Å². The summed E-state index contributed by atoms with van der Waals surface area (Å²) in [5.41, 5.74) is 7.03. The van der Waals surface area contributed by atoms with Crippen molar-refractivity contribution in [1.29, 1.82) is 5.26 Å². The van der Waals surface area contributed by atoms with Gasteiger partial charge in [0.2, 0.25) is 5.91 Å². The molecule has 6 heteroatoms. The molecule has 0 bridgehead atoms. The number of primary amides is 1. The molecule has 3 N–H and O–H groups in total. The minimum Gasteiger partial charge on any atom is -0.368 e. The second-order valence-corrected chi connectivity index (χ2v) is 4.68. The summed E-state index contributed by atoms with van der Waals surface area (Å²) in [6.07, 6.45) is 3.22. The second-order valence-electron chi connectivity index (χ2n) is 4.68. The Labute approximate surface area is 127 Å². The van der Waals surface area contributed by atoms with Gasteiger partial charge < -0.3 is 11.1 Å². The van der Waals surface area contributed by atoms with E-state index in [1.165, 1.54) is 6.20 Å². The molecule has 0 aliphatic heterocycles. The summed E-state index contributed by atoms with van der Waals surface area (Å²) in [5.74, 6) is -1.04. The van der Waals surface area contributed by atoms with Crippen LogP contribution in [0.25, 0.3) is 0 Å². The Morgan fingerprint density at radius 2 is 2.00 bits per heavy atom. The Balaban J connectivity index is 2.08. The molecular formula is C16H14N4O2. The average Bonchev–Trinajstić information content (AvgIpc) is 2.55. The zero-order chi connectivity index (χ0) is 15.9. The zero-order valence-corrected chi connectivity index (χ0v) is 11.7. The quantitative estimate of drug-likeness (QED) is 0.849. The van der Waals surface area contributed by atoms with Crippen LogP contribution in [0.4, 0.5) is 0 Å². The van der Waals surface area contributed by atoms with Gasteiger partial charge in [0, 0.05) is 18.8 Å². The standard InChI is InChI=1S/C16H14N4O2/c17-9-12-5-3-11(4-6-12)8-14(15(18)21)20-16(22)13-2-1-7-19-10-13/h1-7,10,14H,8H2,(H2,18,21)(H,20,22)/t14-/m1/s1. The summed E-state index contributed by atoms with van der Waals surface area (Å²) < 4.78 is 0. The van der Waals surface area contributed by atoms with Crippen LogP contribution in [0.5, 0.6) is 0 Å². The number of benzene rings is 1. The third-order valence-corrected chi connectivity index (χ3v) is 3.10. The molecule has 1 aromatic carbocycles. The minimum absolute atomic E-state index is 0.257. The van der Waals surface area contributed by atoms with Crippen LogP contribution in [0.2, 0.25) is 0 Å². The number of nitrogens with one attached hydrogen (secondary N) is 1. The SMILES string of the molecule is N#Cc1ccc(C[C@@H](NC(=O)c2cccnc2)C(N)=O)cc1. The van der Waals surface area contributed by atoms with Gasteiger partial charge in [0.05, 0.1) is 17.2 Å². The topological polar surface area (TPSA) is 109 Å². The van der Waals surface area contributed by atoms with Crippen LogP contribution < -0.4 is 11.1 Å². The Hall–Kier alpha value is -3.20. The second kappa shape index (κ2) is 6.99. The Kier molecular flexibility index (Phi) is 4.83. The third-order valence-electron chi connectivity index (χ3n) is 3.10. The van der Waals surface area contributed by atoms with E-state index in [1.807, 2.05) is 6.07 Å². The molecule has 110 valence electrons. The molecule has 2 amide bonds. The molecule has 0 unspecified atom stereocenters. The Morgan fingerprint density at radius 3 is 2.55 bits per heavy atom. The van der Waals surface area contributed by atoms with E-state index < -0.39 is 17.9 Å². The smallest absolute Gasteiger partial charge is 0.253 e. The number of nitrogens with two attached hydrogens (primary N) is 1. The molecule has 0 aliphatic carbocycles. The van der Waals surface area contributed by atoms with Crippen molar-refractivity contribution < 1.29 is 9.59 Å². The van der Waals surface area contributed by atoms with Gasteiger partial charge in [0.15, 0.2) is 0 Å². The van der Waals surface area contributed by atoms with Gasteiger partial charge in [-0.2, -0.15) is 5.26 Å². The van der Waals surface area contributed by atoms with Gasteiger partial charge in [-0.05, 0) is 29.8 Å². The van der Waals surface area contributed by atoms with E-state index >= 15 is 0 Å². The van der Waals surface area contributed by atoms with Crippen LogP contribution in [-0.4, -0.2) is 22.8 Å². The molecule has 22 heavy (non-hydrogen) atoms. The Bertz CT molecular complexity index is 705. The molecule has 0 saturated carbocycles. The summed E-state index contributed by atoms with van der Waals surface area (Å²) in [5, 5.41) is 11.3. The minimum atomic E-state index is -0.833. The summed E-state index contributed by atoms with van der Waals surface area (Å²) >= 11 is 0. The monoisotopic (exact) mass is 294 g/mol. The first-order chi connectivity index (χ1) is 10.6. The van der Waals surface area contributed by atoms with Gasteiger partial charge >= 0.3 is 0 Å². The molecule has 0 radical (unpaired) electrons. The van der Waals surface area contributed by atoms with Crippen molar-refractivity contribution in [3.8, 4) is 6.07 Å². The van der Waals surface area contributed by atoms with Gasteiger partial charge in [0.25, 0.3) is 5.91 Å². The van der Waals surface area contributed by atoms with Crippen molar-refractivity contribution in [1.82, 2.24) is 10.3 Å². The number of hydrogen-bond donors (Lipinski definition) is 2. The highest BCUT2D eigenvalue weighted by molar-refractivity contribution is 5.97. The van der Waals surface area contributed by atoms with Gasteiger partial charge in [0.1, 0.15) is 6.04 Å². The lowest BCUT2D eigenvalue weighted by molar-refractivity contribution is -0.119. The van der Waals surface area contributed by atoms with E-state index in [2.05, 4.69) is 10.3 Å². The van der Waals surface area contributed by atoms with E-state index in [0.717, 1.165) is 5.56 Å². The highest BCUT2D eigenvalue weighted by atomic mass is 16.2. The lowest BCUT2D eigenvalue weighted by atomic mass is 10.0. The van der Waals surface area contributed by atoms with Crippen molar-refractivity contribution >= 4 is 11.8 Å². The summed E-state index contributed by atoms with van der Waals surface area (Å²) in [6, 6.07) is 11.2. The average molecular weight is 294 g/mol. The molecule has 2 aromatic rings. The Morgan fingerprint density at radius 1 is 1.27 bits per heavy atom. The highest BCUT2D eigenvalue weighted by Crippen LogP contribution is 2.07. The van der Waals surface area contributed by atoms with Crippen molar-refractivity contribution in [2.24, 2.45) is 5.73 Å². The van der Waals surface area contributed by atoms with E-state index in [9.17, 15) is 9.59 Å². The maximum atomic E-state index is 12.0. The van der Waals surface area contributed by atoms with E-state index in [-0.39, 0.29) is 6.42 Å². The van der Waals surface area contributed by atoms with Gasteiger partial charge in [-0.3, -0.25) is 14.6 Å². The van der Waals surface area contributed by atoms with Crippen molar-refractivity contribution in [2.45, 2.75) is 12.5 Å². The molecule has 0 fully saturated rings. The maximum absolute atomic E-state index is 12.0. The van der Waals surface area contributed by atoms with Crippen LogP contribution >= 0.6 is 0 Å². The lowest BCUT2D eigenvalue weighted by Gasteiger charge is -2.15. The number of rotatable bonds is 5. The number of nitriles is 1. The van der Waals surface area contributed by atoms with Gasteiger partial charge in [-0.1, -0.05) is 12.1 Å². The van der Waals surface area contributed by atoms with Crippen molar-refractivity contribution in [2.75, 3.05) is 0 Å².